The molecule has 0 saturated carbocycles. The summed E-state index contributed by atoms with van der Waals surface area (Å²) in [7, 11) is 0. The van der Waals surface area contributed by atoms with Crippen LogP contribution in [0.2, 0.25) is 5.02 Å². The third-order valence-electron chi connectivity index (χ3n) is 1.90. The van der Waals surface area contributed by atoms with Gasteiger partial charge in [0.2, 0.25) is 0 Å². The number of benzene rings is 1. The van der Waals surface area contributed by atoms with Gasteiger partial charge in [-0.15, -0.1) is 11.8 Å². The fourth-order valence-corrected chi connectivity index (χ4v) is 2.57. The van der Waals surface area contributed by atoms with Crippen LogP contribution in [0.15, 0.2) is 18.2 Å². The molecule has 1 aliphatic heterocycles. The maximum absolute atomic E-state index is 11.4. The standard InChI is InChI=1S/C9H7ClOS/c10-8-3-1-2-6-7(8)4-12-5-9(6)11/h1-3H,4-5H2. The highest BCUT2D eigenvalue weighted by atomic mass is 35.5. The van der Waals surface area contributed by atoms with Crippen molar-refractivity contribution in [2.75, 3.05) is 5.75 Å². The first-order chi connectivity index (χ1) is 5.79. The zero-order chi connectivity index (χ0) is 8.55. The minimum Gasteiger partial charge on any atom is -0.293 e. The van der Waals surface area contributed by atoms with E-state index in [4.69, 9.17) is 11.6 Å². The van der Waals surface area contributed by atoms with Gasteiger partial charge in [0, 0.05) is 16.3 Å². The Bertz CT molecular complexity index is 335. The highest BCUT2D eigenvalue weighted by Gasteiger charge is 2.18. The van der Waals surface area contributed by atoms with E-state index in [1.165, 1.54) is 0 Å². The number of thioether (sulfide) groups is 1. The maximum Gasteiger partial charge on any atom is 0.173 e. The van der Waals surface area contributed by atoms with Crippen molar-refractivity contribution in [3.05, 3.63) is 34.3 Å². The highest BCUT2D eigenvalue weighted by Crippen LogP contribution is 2.29. The molecule has 0 N–H and O–H groups in total. The second kappa shape index (κ2) is 3.11. The van der Waals surface area contributed by atoms with E-state index in [0.717, 1.165) is 16.9 Å². The van der Waals surface area contributed by atoms with E-state index in [1.807, 2.05) is 18.2 Å². The highest BCUT2D eigenvalue weighted by molar-refractivity contribution is 7.99. The molecule has 3 heteroatoms. The van der Waals surface area contributed by atoms with Crippen molar-refractivity contribution in [3.63, 3.8) is 0 Å². The third kappa shape index (κ3) is 1.25. The first kappa shape index (κ1) is 8.14. The Labute approximate surface area is 80.1 Å². The number of halogens is 1. The molecule has 0 saturated heterocycles. The fourth-order valence-electron chi connectivity index (χ4n) is 1.29. The van der Waals surface area contributed by atoms with Crippen LogP contribution in [0, 0.1) is 0 Å². The fraction of sp³-hybridized carbons (Fsp3) is 0.222. The molecule has 2 rings (SSSR count). The lowest BCUT2D eigenvalue weighted by atomic mass is 10.1. The number of carbonyl (C=O) groups is 1. The van der Waals surface area contributed by atoms with E-state index in [-0.39, 0.29) is 5.78 Å². The minimum absolute atomic E-state index is 0.198. The molecule has 1 aromatic carbocycles. The first-order valence-electron chi connectivity index (χ1n) is 3.67. The van der Waals surface area contributed by atoms with Gasteiger partial charge in [0.05, 0.1) is 5.75 Å². The van der Waals surface area contributed by atoms with Gasteiger partial charge >= 0.3 is 0 Å². The van der Waals surface area contributed by atoms with Crippen LogP contribution in [0.1, 0.15) is 15.9 Å². The van der Waals surface area contributed by atoms with Crippen molar-refractivity contribution >= 4 is 29.1 Å². The quantitative estimate of drug-likeness (QED) is 0.638. The molecule has 1 aromatic rings. The summed E-state index contributed by atoms with van der Waals surface area (Å²) in [6, 6.07) is 5.51. The molecular formula is C9H7ClOS. The molecule has 1 heterocycles. The average molecular weight is 199 g/mol. The predicted octanol–water partition coefficient (Wildman–Crippen LogP) is 2.77. The second-order valence-corrected chi connectivity index (χ2v) is 4.07. The van der Waals surface area contributed by atoms with Crippen molar-refractivity contribution in [1.82, 2.24) is 0 Å². The molecule has 12 heavy (non-hydrogen) atoms. The van der Waals surface area contributed by atoms with Crippen LogP contribution in [0.3, 0.4) is 0 Å². The summed E-state index contributed by atoms with van der Waals surface area (Å²) in [6.07, 6.45) is 0. The van der Waals surface area contributed by atoms with Crippen LogP contribution in [-0.4, -0.2) is 11.5 Å². The van der Waals surface area contributed by atoms with Gasteiger partial charge in [0.25, 0.3) is 0 Å². The lowest BCUT2D eigenvalue weighted by Gasteiger charge is -2.14. The molecule has 0 fully saturated rings. The Kier molecular flexibility index (Phi) is 2.11. The van der Waals surface area contributed by atoms with E-state index >= 15 is 0 Å². The maximum atomic E-state index is 11.4. The molecule has 0 bridgehead atoms. The van der Waals surface area contributed by atoms with Gasteiger partial charge in [0.1, 0.15) is 0 Å². The van der Waals surface area contributed by atoms with Gasteiger partial charge in [0.15, 0.2) is 5.78 Å². The van der Waals surface area contributed by atoms with Crippen LogP contribution < -0.4 is 0 Å². The van der Waals surface area contributed by atoms with Crippen LogP contribution in [-0.2, 0) is 5.75 Å². The Hall–Kier alpha value is -0.470. The minimum atomic E-state index is 0.198. The Morgan fingerprint density at radius 1 is 1.33 bits per heavy atom. The van der Waals surface area contributed by atoms with Gasteiger partial charge in [-0.05, 0) is 11.6 Å². The predicted molar refractivity (Wildman–Crippen MR) is 51.9 cm³/mol. The normalized spacial score (nSPS) is 15.9. The van der Waals surface area contributed by atoms with Crippen LogP contribution >= 0.6 is 23.4 Å². The molecule has 0 spiro atoms. The van der Waals surface area contributed by atoms with Gasteiger partial charge in [-0.2, -0.15) is 0 Å². The Balaban J connectivity index is 2.59. The molecule has 0 aromatic heterocycles. The number of ketones is 1. The first-order valence-corrected chi connectivity index (χ1v) is 5.20. The van der Waals surface area contributed by atoms with E-state index < -0.39 is 0 Å². The molecule has 1 nitrogen and oxygen atoms in total. The molecule has 62 valence electrons. The van der Waals surface area contributed by atoms with Crippen molar-refractivity contribution in [2.24, 2.45) is 0 Å². The van der Waals surface area contributed by atoms with E-state index in [1.54, 1.807) is 11.8 Å². The van der Waals surface area contributed by atoms with Crippen molar-refractivity contribution < 1.29 is 4.79 Å². The monoisotopic (exact) mass is 198 g/mol. The third-order valence-corrected chi connectivity index (χ3v) is 3.21. The molecular weight excluding hydrogens is 192 g/mol. The smallest absolute Gasteiger partial charge is 0.173 e. The summed E-state index contributed by atoms with van der Waals surface area (Å²) < 4.78 is 0. The number of carbonyl (C=O) groups excluding carboxylic acids is 1. The van der Waals surface area contributed by atoms with E-state index in [2.05, 4.69) is 0 Å². The molecule has 1 aliphatic rings. The Morgan fingerprint density at radius 3 is 2.92 bits per heavy atom. The summed E-state index contributed by atoms with van der Waals surface area (Å²) in [5.74, 6) is 1.65. The average Bonchev–Trinajstić information content (AvgIpc) is 2.07. The largest absolute Gasteiger partial charge is 0.293 e. The van der Waals surface area contributed by atoms with Gasteiger partial charge in [-0.1, -0.05) is 23.7 Å². The summed E-state index contributed by atoms with van der Waals surface area (Å²) in [4.78, 5) is 11.4. The molecule has 0 radical (unpaired) electrons. The van der Waals surface area contributed by atoms with Crippen molar-refractivity contribution in [3.8, 4) is 0 Å². The number of rotatable bonds is 0. The number of hydrogen-bond acceptors (Lipinski definition) is 2. The zero-order valence-electron chi connectivity index (χ0n) is 6.34. The van der Waals surface area contributed by atoms with Crippen LogP contribution in [0.4, 0.5) is 0 Å². The van der Waals surface area contributed by atoms with E-state index in [9.17, 15) is 4.79 Å². The lowest BCUT2D eigenvalue weighted by Crippen LogP contribution is -2.11. The van der Waals surface area contributed by atoms with Crippen molar-refractivity contribution in [2.45, 2.75) is 5.75 Å². The SMILES string of the molecule is O=C1CSCc2c(Cl)cccc21. The summed E-state index contributed by atoms with van der Waals surface area (Å²) in [5, 5.41) is 0.716. The molecule has 0 aliphatic carbocycles. The number of fused-ring (bicyclic) bond motifs is 1. The number of hydrogen-bond donors (Lipinski definition) is 0. The Morgan fingerprint density at radius 2 is 2.17 bits per heavy atom. The summed E-state index contributed by atoms with van der Waals surface area (Å²) >= 11 is 7.57. The van der Waals surface area contributed by atoms with E-state index in [0.29, 0.717) is 10.8 Å². The van der Waals surface area contributed by atoms with Crippen LogP contribution in [0.5, 0.6) is 0 Å². The molecule has 0 atom stereocenters. The molecule has 0 amide bonds. The molecule has 0 unspecified atom stereocenters. The topological polar surface area (TPSA) is 17.1 Å². The van der Waals surface area contributed by atoms with Crippen molar-refractivity contribution in [1.29, 1.82) is 0 Å². The van der Waals surface area contributed by atoms with Gasteiger partial charge in [-0.25, -0.2) is 0 Å². The zero-order valence-corrected chi connectivity index (χ0v) is 7.91. The summed E-state index contributed by atoms with van der Waals surface area (Å²) in [6.45, 7) is 0. The lowest BCUT2D eigenvalue weighted by molar-refractivity contribution is 0.102. The van der Waals surface area contributed by atoms with Gasteiger partial charge < -0.3 is 0 Å². The second-order valence-electron chi connectivity index (χ2n) is 2.68. The number of Topliss-reactive ketones (excluding diaryl/α,β-unsaturated/α-hetero) is 1. The van der Waals surface area contributed by atoms with Gasteiger partial charge in [-0.3, -0.25) is 4.79 Å². The van der Waals surface area contributed by atoms with Crippen LogP contribution in [0.25, 0.3) is 0 Å². The summed E-state index contributed by atoms with van der Waals surface area (Å²) in [5.41, 5.74) is 1.81.